The summed E-state index contributed by atoms with van der Waals surface area (Å²) >= 11 is 0. The maximum absolute atomic E-state index is 12.6. The number of nitrogens with zero attached hydrogens (tertiary/aromatic N) is 6. The Hall–Kier alpha value is -2.14. The Morgan fingerprint density at radius 2 is 2.07 bits per heavy atom. The highest BCUT2D eigenvalue weighted by atomic mass is 127. The van der Waals surface area contributed by atoms with Gasteiger partial charge in [0.15, 0.2) is 5.96 Å². The third kappa shape index (κ3) is 6.18. The fourth-order valence-corrected chi connectivity index (χ4v) is 3.45. The van der Waals surface area contributed by atoms with Crippen LogP contribution < -0.4 is 10.2 Å². The molecule has 1 aromatic carbocycles. The summed E-state index contributed by atoms with van der Waals surface area (Å²) in [6.45, 7) is 6.43. The molecule has 9 heteroatoms. The van der Waals surface area contributed by atoms with E-state index in [0.29, 0.717) is 19.6 Å². The van der Waals surface area contributed by atoms with Gasteiger partial charge in [0.2, 0.25) is 5.91 Å². The molecule has 164 valence electrons. The Balaban J connectivity index is 0.00000320. The Labute approximate surface area is 195 Å². The van der Waals surface area contributed by atoms with Crippen molar-refractivity contribution in [1.29, 1.82) is 0 Å². The summed E-state index contributed by atoms with van der Waals surface area (Å²) in [6, 6.07) is 8.58. The van der Waals surface area contributed by atoms with Gasteiger partial charge in [0.05, 0.1) is 11.9 Å². The van der Waals surface area contributed by atoms with Gasteiger partial charge >= 0.3 is 0 Å². The molecule has 30 heavy (non-hydrogen) atoms. The second-order valence-electron chi connectivity index (χ2n) is 7.39. The smallest absolute Gasteiger partial charge is 0.246 e. The van der Waals surface area contributed by atoms with Crippen LogP contribution in [0.1, 0.15) is 18.1 Å². The molecule has 0 atom stereocenters. The molecule has 1 aromatic heterocycles. The lowest BCUT2D eigenvalue weighted by Crippen LogP contribution is -2.55. The molecule has 1 aliphatic heterocycles. The van der Waals surface area contributed by atoms with Crippen LogP contribution >= 0.6 is 24.0 Å². The van der Waals surface area contributed by atoms with Crippen LogP contribution in [0.4, 0.5) is 5.69 Å². The lowest BCUT2D eigenvalue weighted by Gasteiger charge is -2.35. The topological polar surface area (TPSA) is 69.0 Å². The molecule has 0 radical (unpaired) electrons. The molecule has 0 aliphatic carbocycles. The average molecular weight is 525 g/mol. The zero-order valence-corrected chi connectivity index (χ0v) is 20.5. The van der Waals surface area contributed by atoms with Gasteiger partial charge in [-0.1, -0.05) is 31.2 Å². The number of nitrogens with one attached hydrogen (secondary N) is 1. The van der Waals surface area contributed by atoms with Gasteiger partial charge in [0, 0.05) is 46.5 Å². The monoisotopic (exact) mass is 525 g/mol. The van der Waals surface area contributed by atoms with Crippen LogP contribution in [0.5, 0.6) is 0 Å². The minimum Gasteiger partial charge on any atom is -0.352 e. The van der Waals surface area contributed by atoms with Gasteiger partial charge in [0.1, 0.15) is 6.54 Å². The molecule has 2 aromatic rings. The highest BCUT2D eigenvalue weighted by Crippen LogP contribution is 2.16. The Bertz CT molecular complexity index is 867. The highest BCUT2D eigenvalue weighted by molar-refractivity contribution is 14.0. The van der Waals surface area contributed by atoms with E-state index in [9.17, 15) is 4.79 Å². The van der Waals surface area contributed by atoms with E-state index >= 15 is 0 Å². The number of carbonyl (C=O) groups excluding carboxylic acids is 1. The normalized spacial score (nSPS) is 14.8. The van der Waals surface area contributed by atoms with E-state index in [-0.39, 0.29) is 29.9 Å². The molecule has 3 rings (SSSR count). The number of amides is 1. The molecule has 1 fully saturated rings. The van der Waals surface area contributed by atoms with Gasteiger partial charge < -0.3 is 20.0 Å². The van der Waals surface area contributed by atoms with Crippen LogP contribution in [0.25, 0.3) is 0 Å². The quantitative estimate of drug-likeness (QED) is 0.355. The van der Waals surface area contributed by atoms with Crippen LogP contribution in [0, 0.1) is 0 Å². The zero-order chi connectivity index (χ0) is 20.8. The van der Waals surface area contributed by atoms with Crippen molar-refractivity contribution in [1.82, 2.24) is 24.9 Å². The van der Waals surface area contributed by atoms with E-state index in [0.717, 1.165) is 31.3 Å². The number of carbonyl (C=O) groups is 1. The van der Waals surface area contributed by atoms with Crippen molar-refractivity contribution in [2.45, 2.75) is 20.0 Å². The predicted molar refractivity (Wildman–Crippen MR) is 131 cm³/mol. The largest absolute Gasteiger partial charge is 0.352 e. The van der Waals surface area contributed by atoms with Crippen LogP contribution in [0.2, 0.25) is 0 Å². The maximum Gasteiger partial charge on any atom is 0.246 e. The molecule has 1 N–H and O–H groups in total. The van der Waals surface area contributed by atoms with E-state index in [1.165, 1.54) is 11.1 Å². The van der Waals surface area contributed by atoms with Crippen LogP contribution in [0.15, 0.2) is 41.7 Å². The third-order valence-corrected chi connectivity index (χ3v) is 5.17. The first-order chi connectivity index (χ1) is 14.0. The first kappa shape index (κ1) is 24.1. The third-order valence-electron chi connectivity index (χ3n) is 5.17. The molecule has 1 amide bonds. The summed E-state index contributed by atoms with van der Waals surface area (Å²) in [5, 5.41) is 7.56. The van der Waals surface area contributed by atoms with E-state index in [1.54, 1.807) is 22.8 Å². The second kappa shape index (κ2) is 11.3. The Morgan fingerprint density at radius 1 is 1.30 bits per heavy atom. The van der Waals surface area contributed by atoms with E-state index in [1.807, 2.05) is 18.1 Å². The average Bonchev–Trinajstić information content (AvgIpc) is 3.14. The number of aryl methyl sites for hydroxylation is 1. The minimum atomic E-state index is 0. The fraction of sp³-hybridized carbons (Fsp3) is 0.476. The summed E-state index contributed by atoms with van der Waals surface area (Å²) in [5.41, 5.74) is 3.34. The van der Waals surface area contributed by atoms with Crippen molar-refractivity contribution in [2.24, 2.45) is 12.0 Å². The SMILES string of the molecule is CCN(C)Cc1cccc(CNC(=NC)N2CCN(c3cnn(C)c3)C(=O)C2)c1.I. The summed E-state index contributed by atoms with van der Waals surface area (Å²) in [7, 11) is 5.73. The lowest BCUT2D eigenvalue weighted by atomic mass is 10.1. The number of benzene rings is 1. The van der Waals surface area contributed by atoms with Gasteiger partial charge in [-0.05, 0) is 24.7 Å². The molecule has 8 nitrogen and oxygen atoms in total. The van der Waals surface area contributed by atoms with Gasteiger partial charge in [-0.2, -0.15) is 5.10 Å². The molecule has 1 aliphatic rings. The van der Waals surface area contributed by atoms with Gasteiger partial charge in [-0.3, -0.25) is 14.5 Å². The Kier molecular flexibility index (Phi) is 9.09. The zero-order valence-electron chi connectivity index (χ0n) is 18.2. The number of hydrogen-bond donors (Lipinski definition) is 1. The number of rotatable bonds is 6. The highest BCUT2D eigenvalue weighted by Gasteiger charge is 2.27. The molecule has 0 spiro atoms. The van der Waals surface area contributed by atoms with Crippen molar-refractivity contribution in [3.05, 3.63) is 47.8 Å². The Morgan fingerprint density at radius 3 is 2.70 bits per heavy atom. The standard InChI is InChI=1S/C21H31N7O.HI/c1-5-25(3)14-18-8-6-7-17(11-18)12-23-21(22-2)27-9-10-28(20(29)16-27)19-13-24-26(4)15-19;/h6-8,11,13,15H,5,9-10,12,14,16H2,1-4H3,(H,22,23);1H. The number of aliphatic imine (C=N–C) groups is 1. The van der Waals surface area contributed by atoms with E-state index in [2.05, 4.69) is 58.5 Å². The summed E-state index contributed by atoms with van der Waals surface area (Å²) in [5.74, 6) is 0.803. The van der Waals surface area contributed by atoms with Crippen LogP contribution in [-0.2, 0) is 24.9 Å². The molecule has 0 bridgehead atoms. The number of guanidine groups is 1. The number of aromatic nitrogens is 2. The van der Waals surface area contributed by atoms with Gasteiger partial charge in [-0.15, -0.1) is 24.0 Å². The van der Waals surface area contributed by atoms with Crippen LogP contribution in [0.3, 0.4) is 0 Å². The summed E-state index contributed by atoms with van der Waals surface area (Å²) in [6.07, 6.45) is 3.59. The van der Waals surface area contributed by atoms with Crippen molar-refractivity contribution in [3.63, 3.8) is 0 Å². The van der Waals surface area contributed by atoms with Crippen LogP contribution in [-0.4, -0.2) is 71.7 Å². The second-order valence-corrected chi connectivity index (χ2v) is 7.39. The summed E-state index contributed by atoms with van der Waals surface area (Å²) in [4.78, 5) is 23.1. The van der Waals surface area contributed by atoms with E-state index in [4.69, 9.17) is 0 Å². The van der Waals surface area contributed by atoms with E-state index < -0.39 is 0 Å². The number of piperazine rings is 1. The predicted octanol–water partition coefficient (Wildman–Crippen LogP) is 1.91. The minimum absolute atomic E-state index is 0. The summed E-state index contributed by atoms with van der Waals surface area (Å²) < 4.78 is 1.71. The molecular formula is C21H32IN7O. The molecule has 0 unspecified atom stereocenters. The van der Waals surface area contributed by atoms with Gasteiger partial charge in [-0.25, -0.2) is 0 Å². The number of anilines is 1. The van der Waals surface area contributed by atoms with Crippen molar-refractivity contribution in [3.8, 4) is 0 Å². The molecule has 1 saturated heterocycles. The molecule has 2 heterocycles. The maximum atomic E-state index is 12.6. The fourth-order valence-electron chi connectivity index (χ4n) is 3.45. The first-order valence-electron chi connectivity index (χ1n) is 10.0. The lowest BCUT2D eigenvalue weighted by molar-refractivity contribution is -0.120. The number of halogens is 1. The van der Waals surface area contributed by atoms with Crippen molar-refractivity contribution < 1.29 is 4.79 Å². The van der Waals surface area contributed by atoms with Crippen molar-refractivity contribution in [2.75, 3.05) is 45.2 Å². The first-order valence-corrected chi connectivity index (χ1v) is 10.0. The van der Waals surface area contributed by atoms with Crippen molar-refractivity contribution >= 4 is 41.5 Å². The molecule has 0 saturated carbocycles. The molecular weight excluding hydrogens is 493 g/mol. The van der Waals surface area contributed by atoms with Gasteiger partial charge in [0.25, 0.3) is 0 Å². The number of hydrogen-bond acceptors (Lipinski definition) is 4.